The minimum absolute atomic E-state index is 0.00298. The molecule has 0 radical (unpaired) electrons. The molecule has 0 aliphatic carbocycles. The number of amides is 1. The SMILES string of the molecule is CC(C)N(C(=O)c1ccc(C(CC(=N)C(F)(F)F)=Nc2ccccc2Cl)cc1)C(C)C. The van der Waals surface area contributed by atoms with Crippen molar-refractivity contribution in [1.82, 2.24) is 4.90 Å². The number of halogens is 4. The minimum Gasteiger partial charge on any atom is -0.334 e. The Morgan fingerprint density at radius 1 is 1.00 bits per heavy atom. The largest absolute Gasteiger partial charge is 0.429 e. The standard InChI is InChI=1S/C23H25ClF3N3O/c1-14(2)30(15(3)4)22(31)17-11-9-16(10-12-17)20(13-21(28)23(25,26)27)29-19-8-6-5-7-18(19)24/h5-12,14-15,28H,13H2,1-4H3. The summed E-state index contributed by atoms with van der Waals surface area (Å²) in [6.07, 6.45) is -5.47. The Morgan fingerprint density at radius 3 is 2.00 bits per heavy atom. The van der Waals surface area contributed by atoms with Gasteiger partial charge < -0.3 is 10.3 Å². The molecule has 4 nitrogen and oxygen atoms in total. The lowest BCUT2D eigenvalue weighted by molar-refractivity contribution is -0.0605. The molecular weight excluding hydrogens is 427 g/mol. The van der Waals surface area contributed by atoms with Crippen molar-refractivity contribution >= 4 is 34.6 Å². The maximum Gasteiger partial charge on any atom is 0.429 e. The van der Waals surface area contributed by atoms with Crippen LogP contribution in [0.2, 0.25) is 5.02 Å². The molecule has 0 saturated heterocycles. The molecule has 0 aromatic heterocycles. The van der Waals surface area contributed by atoms with Crippen LogP contribution in [0, 0.1) is 5.41 Å². The zero-order valence-electron chi connectivity index (χ0n) is 17.8. The van der Waals surface area contributed by atoms with Crippen LogP contribution in [0.3, 0.4) is 0 Å². The summed E-state index contributed by atoms with van der Waals surface area (Å²) >= 11 is 6.11. The van der Waals surface area contributed by atoms with E-state index in [0.29, 0.717) is 16.8 Å². The zero-order valence-corrected chi connectivity index (χ0v) is 18.6. The van der Waals surface area contributed by atoms with Gasteiger partial charge in [0.05, 0.1) is 16.4 Å². The van der Waals surface area contributed by atoms with E-state index in [1.165, 1.54) is 0 Å². The number of aliphatic imine (C=N–C) groups is 1. The van der Waals surface area contributed by atoms with E-state index in [1.54, 1.807) is 53.4 Å². The monoisotopic (exact) mass is 451 g/mol. The topological polar surface area (TPSA) is 56.5 Å². The van der Waals surface area contributed by atoms with Crippen LogP contribution in [-0.2, 0) is 0 Å². The Hall–Kier alpha value is -2.67. The Labute approximate surface area is 185 Å². The summed E-state index contributed by atoms with van der Waals surface area (Å²) in [7, 11) is 0. The minimum atomic E-state index is -4.76. The Balaban J connectivity index is 2.44. The molecule has 2 rings (SSSR count). The molecule has 0 bridgehead atoms. The number of carbonyl (C=O) groups is 1. The smallest absolute Gasteiger partial charge is 0.334 e. The van der Waals surface area contributed by atoms with Crippen LogP contribution in [-0.4, -0.2) is 40.5 Å². The van der Waals surface area contributed by atoms with E-state index in [0.717, 1.165) is 0 Å². The van der Waals surface area contributed by atoms with Crippen molar-refractivity contribution < 1.29 is 18.0 Å². The van der Waals surface area contributed by atoms with Crippen LogP contribution >= 0.6 is 11.6 Å². The fourth-order valence-electron chi connectivity index (χ4n) is 3.18. The summed E-state index contributed by atoms with van der Waals surface area (Å²) in [4.78, 5) is 18.9. The van der Waals surface area contributed by atoms with Crippen molar-refractivity contribution in [3.63, 3.8) is 0 Å². The quantitative estimate of drug-likeness (QED) is 0.468. The van der Waals surface area contributed by atoms with E-state index >= 15 is 0 Å². The molecule has 0 aliphatic rings. The number of nitrogens with one attached hydrogen (secondary N) is 1. The molecular formula is C23H25ClF3N3O. The van der Waals surface area contributed by atoms with Gasteiger partial charge in [-0.1, -0.05) is 35.9 Å². The molecule has 2 aromatic carbocycles. The van der Waals surface area contributed by atoms with Gasteiger partial charge in [0.1, 0.15) is 5.71 Å². The van der Waals surface area contributed by atoms with Gasteiger partial charge in [-0.25, -0.2) is 0 Å². The van der Waals surface area contributed by atoms with Crippen LogP contribution < -0.4 is 0 Å². The lowest BCUT2D eigenvalue weighted by atomic mass is 10.0. The molecule has 0 saturated carbocycles. The first-order chi connectivity index (χ1) is 14.4. The Morgan fingerprint density at radius 2 is 1.52 bits per heavy atom. The molecule has 1 N–H and O–H groups in total. The van der Waals surface area contributed by atoms with Crippen molar-refractivity contribution in [2.45, 2.75) is 52.4 Å². The summed E-state index contributed by atoms with van der Waals surface area (Å²) < 4.78 is 39.0. The van der Waals surface area contributed by atoms with E-state index in [1.807, 2.05) is 27.7 Å². The fraction of sp³-hybridized carbons (Fsp3) is 0.348. The van der Waals surface area contributed by atoms with Crippen LogP contribution in [0.15, 0.2) is 53.5 Å². The Kier molecular flexibility index (Phi) is 8.01. The lowest BCUT2D eigenvalue weighted by Gasteiger charge is -2.30. The Bertz CT molecular complexity index is 959. The van der Waals surface area contributed by atoms with Gasteiger partial charge in [0.15, 0.2) is 0 Å². The number of benzene rings is 2. The average Bonchev–Trinajstić information content (AvgIpc) is 2.67. The van der Waals surface area contributed by atoms with Crippen molar-refractivity contribution in [3.05, 3.63) is 64.7 Å². The van der Waals surface area contributed by atoms with E-state index in [9.17, 15) is 18.0 Å². The summed E-state index contributed by atoms with van der Waals surface area (Å²) in [5.41, 5.74) is -0.261. The third-order valence-electron chi connectivity index (χ3n) is 4.61. The van der Waals surface area contributed by atoms with Gasteiger partial charge in [-0.15, -0.1) is 0 Å². The highest BCUT2D eigenvalue weighted by Crippen LogP contribution is 2.27. The van der Waals surface area contributed by atoms with E-state index < -0.39 is 18.3 Å². The molecule has 166 valence electrons. The highest BCUT2D eigenvalue weighted by Gasteiger charge is 2.35. The molecule has 0 heterocycles. The number of para-hydroxylation sites is 1. The molecule has 0 atom stereocenters. The highest BCUT2D eigenvalue weighted by molar-refractivity contribution is 6.33. The van der Waals surface area contributed by atoms with Gasteiger partial charge in [0.25, 0.3) is 5.91 Å². The van der Waals surface area contributed by atoms with Crippen molar-refractivity contribution in [1.29, 1.82) is 5.41 Å². The third-order valence-corrected chi connectivity index (χ3v) is 4.93. The van der Waals surface area contributed by atoms with Crippen LogP contribution in [0.25, 0.3) is 0 Å². The maximum absolute atomic E-state index is 13.0. The summed E-state index contributed by atoms with van der Waals surface area (Å²) in [6, 6.07) is 12.7. The molecule has 2 aromatic rings. The van der Waals surface area contributed by atoms with E-state index in [4.69, 9.17) is 17.0 Å². The number of carbonyl (C=O) groups excluding carboxylic acids is 1. The highest BCUT2D eigenvalue weighted by atomic mass is 35.5. The number of rotatable bonds is 7. The van der Waals surface area contributed by atoms with Gasteiger partial charge in [-0.2, -0.15) is 13.2 Å². The summed E-state index contributed by atoms with van der Waals surface area (Å²) in [5.74, 6) is -0.163. The van der Waals surface area contributed by atoms with Crippen molar-refractivity contribution in [3.8, 4) is 0 Å². The third kappa shape index (κ3) is 6.40. The number of hydrogen-bond acceptors (Lipinski definition) is 3. The van der Waals surface area contributed by atoms with Crippen LogP contribution in [0.1, 0.15) is 50.0 Å². The molecule has 0 unspecified atom stereocenters. The summed E-state index contributed by atoms with van der Waals surface area (Å²) in [6.45, 7) is 7.68. The molecule has 1 amide bonds. The van der Waals surface area contributed by atoms with Gasteiger partial charge in [0.2, 0.25) is 0 Å². The average molecular weight is 452 g/mol. The lowest BCUT2D eigenvalue weighted by Crippen LogP contribution is -2.42. The normalized spacial score (nSPS) is 12.4. The van der Waals surface area contributed by atoms with Crippen molar-refractivity contribution in [2.24, 2.45) is 4.99 Å². The molecule has 0 fully saturated rings. The van der Waals surface area contributed by atoms with Gasteiger partial charge >= 0.3 is 6.18 Å². The number of hydrogen-bond donors (Lipinski definition) is 1. The first-order valence-electron chi connectivity index (χ1n) is 9.81. The zero-order chi connectivity index (χ0) is 23.3. The number of nitrogens with zero attached hydrogens (tertiary/aromatic N) is 2. The molecule has 8 heteroatoms. The predicted octanol–water partition coefficient (Wildman–Crippen LogP) is 6.69. The maximum atomic E-state index is 13.0. The number of alkyl halides is 3. The van der Waals surface area contributed by atoms with Gasteiger partial charge in [0, 0.05) is 24.1 Å². The molecule has 31 heavy (non-hydrogen) atoms. The fourth-order valence-corrected chi connectivity index (χ4v) is 3.36. The predicted molar refractivity (Wildman–Crippen MR) is 119 cm³/mol. The first kappa shape index (κ1) is 24.6. The van der Waals surface area contributed by atoms with Crippen molar-refractivity contribution in [2.75, 3.05) is 0 Å². The first-order valence-corrected chi connectivity index (χ1v) is 10.2. The summed E-state index contributed by atoms with van der Waals surface area (Å²) in [5, 5.41) is 7.69. The van der Waals surface area contributed by atoms with E-state index in [-0.39, 0.29) is 28.7 Å². The van der Waals surface area contributed by atoms with Gasteiger partial charge in [-0.05, 0) is 57.5 Å². The second-order valence-corrected chi connectivity index (χ2v) is 8.05. The van der Waals surface area contributed by atoms with Crippen LogP contribution in [0.5, 0.6) is 0 Å². The molecule has 0 aliphatic heterocycles. The second kappa shape index (κ2) is 10.1. The second-order valence-electron chi connectivity index (χ2n) is 7.64. The van der Waals surface area contributed by atoms with Crippen LogP contribution in [0.4, 0.5) is 18.9 Å². The van der Waals surface area contributed by atoms with Gasteiger partial charge in [-0.3, -0.25) is 9.79 Å². The molecule has 0 spiro atoms. The van der Waals surface area contributed by atoms with E-state index in [2.05, 4.69) is 4.99 Å².